The maximum absolute atomic E-state index is 5.97. The van der Waals surface area contributed by atoms with Gasteiger partial charge >= 0.3 is 0 Å². The third-order valence-electron chi connectivity index (χ3n) is 5.00. The standard InChI is InChI=1S/C23H25N3O/c24-20-11-9-18(10-12-20)22-16-23(26-25-22)19-7-4-8-21(15-19)27-14-13-17-5-2-1-3-6-17/h1-12,15,22-23,25-26H,13-14,16,24H2. The molecule has 27 heavy (non-hydrogen) atoms. The molecule has 1 fully saturated rings. The van der Waals surface area contributed by atoms with Crippen LogP contribution in [0, 0.1) is 0 Å². The van der Waals surface area contributed by atoms with E-state index in [0.29, 0.717) is 6.61 Å². The van der Waals surface area contributed by atoms with E-state index in [9.17, 15) is 0 Å². The summed E-state index contributed by atoms with van der Waals surface area (Å²) in [5.41, 5.74) is 17.2. The van der Waals surface area contributed by atoms with E-state index < -0.39 is 0 Å². The molecule has 4 N–H and O–H groups in total. The van der Waals surface area contributed by atoms with Gasteiger partial charge in [0.15, 0.2) is 0 Å². The normalized spacial score (nSPS) is 19.1. The fourth-order valence-electron chi connectivity index (χ4n) is 3.47. The third-order valence-corrected chi connectivity index (χ3v) is 5.00. The van der Waals surface area contributed by atoms with Gasteiger partial charge in [0, 0.05) is 24.2 Å². The Labute approximate surface area is 160 Å². The first-order valence-electron chi connectivity index (χ1n) is 9.41. The van der Waals surface area contributed by atoms with Crippen LogP contribution in [0.3, 0.4) is 0 Å². The van der Waals surface area contributed by atoms with Crippen molar-refractivity contribution in [3.05, 3.63) is 95.6 Å². The van der Waals surface area contributed by atoms with E-state index in [1.165, 1.54) is 16.7 Å². The minimum absolute atomic E-state index is 0.255. The minimum Gasteiger partial charge on any atom is -0.493 e. The second-order valence-electron chi connectivity index (χ2n) is 6.95. The quantitative estimate of drug-likeness (QED) is 0.578. The van der Waals surface area contributed by atoms with Gasteiger partial charge in [0.1, 0.15) is 5.75 Å². The molecule has 3 aromatic rings. The van der Waals surface area contributed by atoms with Gasteiger partial charge in [-0.1, -0.05) is 54.6 Å². The summed E-state index contributed by atoms with van der Waals surface area (Å²) in [7, 11) is 0. The Kier molecular flexibility index (Phi) is 5.37. The van der Waals surface area contributed by atoms with Crippen LogP contribution in [0.2, 0.25) is 0 Å². The Morgan fingerprint density at radius 1 is 0.815 bits per heavy atom. The van der Waals surface area contributed by atoms with Gasteiger partial charge in [-0.05, 0) is 47.4 Å². The fourth-order valence-corrected chi connectivity index (χ4v) is 3.47. The van der Waals surface area contributed by atoms with Crippen LogP contribution in [0.1, 0.15) is 35.2 Å². The van der Waals surface area contributed by atoms with E-state index in [0.717, 1.165) is 24.3 Å². The molecule has 1 saturated heterocycles. The molecule has 0 spiro atoms. The highest BCUT2D eigenvalue weighted by atomic mass is 16.5. The average molecular weight is 359 g/mol. The lowest BCUT2D eigenvalue weighted by Crippen LogP contribution is -2.26. The lowest BCUT2D eigenvalue weighted by Gasteiger charge is -2.13. The summed E-state index contributed by atoms with van der Waals surface area (Å²) in [5, 5.41) is 0. The van der Waals surface area contributed by atoms with Crippen molar-refractivity contribution in [2.45, 2.75) is 24.9 Å². The molecule has 1 heterocycles. The molecule has 4 heteroatoms. The Morgan fingerprint density at radius 2 is 1.56 bits per heavy atom. The predicted molar refractivity (Wildman–Crippen MR) is 109 cm³/mol. The summed E-state index contributed by atoms with van der Waals surface area (Å²) < 4.78 is 5.97. The van der Waals surface area contributed by atoms with Crippen LogP contribution >= 0.6 is 0 Å². The largest absolute Gasteiger partial charge is 0.493 e. The van der Waals surface area contributed by atoms with Crippen molar-refractivity contribution in [3.8, 4) is 5.75 Å². The first kappa shape index (κ1) is 17.6. The molecule has 1 aliphatic rings. The lowest BCUT2D eigenvalue weighted by molar-refractivity contribution is 0.321. The van der Waals surface area contributed by atoms with Gasteiger partial charge in [0.05, 0.1) is 6.61 Å². The van der Waals surface area contributed by atoms with Crippen molar-refractivity contribution in [2.24, 2.45) is 0 Å². The van der Waals surface area contributed by atoms with Gasteiger partial charge in [-0.25, -0.2) is 10.9 Å². The van der Waals surface area contributed by atoms with Crippen LogP contribution in [0.5, 0.6) is 5.75 Å². The van der Waals surface area contributed by atoms with Crippen molar-refractivity contribution >= 4 is 5.69 Å². The molecule has 1 aliphatic heterocycles. The Hall–Kier alpha value is -2.82. The zero-order valence-corrected chi connectivity index (χ0v) is 15.3. The molecule has 2 unspecified atom stereocenters. The number of ether oxygens (including phenoxy) is 1. The number of hydrazine groups is 1. The van der Waals surface area contributed by atoms with E-state index in [1.54, 1.807) is 0 Å². The Morgan fingerprint density at radius 3 is 2.33 bits per heavy atom. The van der Waals surface area contributed by atoms with Crippen LogP contribution in [-0.2, 0) is 6.42 Å². The van der Waals surface area contributed by atoms with Crippen LogP contribution in [0.25, 0.3) is 0 Å². The second kappa shape index (κ2) is 8.25. The van der Waals surface area contributed by atoms with Crippen LogP contribution < -0.4 is 21.3 Å². The number of nitrogens with two attached hydrogens (primary N) is 1. The Balaban J connectivity index is 1.35. The van der Waals surface area contributed by atoms with Crippen LogP contribution in [-0.4, -0.2) is 6.61 Å². The summed E-state index contributed by atoms with van der Waals surface area (Å²) in [5.74, 6) is 0.918. The summed E-state index contributed by atoms with van der Waals surface area (Å²) in [6, 6.07) is 27.4. The highest BCUT2D eigenvalue weighted by Crippen LogP contribution is 2.32. The van der Waals surface area contributed by atoms with Crippen molar-refractivity contribution < 1.29 is 4.74 Å². The average Bonchev–Trinajstić information content (AvgIpc) is 3.20. The van der Waals surface area contributed by atoms with E-state index >= 15 is 0 Å². The molecule has 0 radical (unpaired) electrons. The second-order valence-corrected chi connectivity index (χ2v) is 6.95. The van der Waals surface area contributed by atoms with E-state index in [4.69, 9.17) is 10.5 Å². The lowest BCUT2D eigenvalue weighted by atomic mass is 9.97. The highest BCUT2D eigenvalue weighted by Gasteiger charge is 2.26. The van der Waals surface area contributed by atoms with Crippen molar-refractivity contribution in [1.29, 1.82) is 0 Å². The van der Waals surface area contributed by atoms with E-state index in [2.05, 4.69) is 65.4 Å². The van der Waals surface area contributed by atoms with Gasteiger partial charge in [0.25, 0.3) is 0 Å². The summed E-state index contributed by atoms with van der Waals surface area (Å²) in [6.45, 7) is 0.678. The molecule has 0 aromatic heterocycles. The van der Waals surface area contributed by atoms with Gasteiger partial charge in [-0.15, -0.1) is 0 Å². The summed E-state index contributed by atoms with van der Waals surface area (Å²) in [4.78, 5) is 0. The molecule has 4 nitrogen and oxygen atoms in total. The maximum Gasteiger partial charge on any atom is 0.119 e. The molecule has 2 atom stereocenters. The molecule has 0 aliphatic carbocycles. The first-order chi connectivity index (χ1) is 13.3. The molecular weight excluding hydrogens is 334 g/mol. The van der Waals surface area contributed by atoms with Crippen LogP contribution in [0.4, 0.5) is 5.69 Å². The van der Waals surface area contributed by atoms with Gasteiger partial charge in [-0.3, -0.25) is 0 Å². The predicted octanol–water partition coefficient (Wildman–Crippen LogP) is 4.17. The summed E-state index contributed by atoms with van der Waals surface area (Å²) in [6.07, 6.45) is 1.89. The highest BCUT2D eigenvalue weighted by molar-refractivity contribution is 5.40. The third kappa shape index (κ3) is 4.48. The van der Waals surface area contributed by atoms with E-state index in [1.807, 2.05) is 24.3 Å². The van der Waals surface area contributed by atoms with Crippen LogP contribution in [0.15, 0.2) is 78.9 Å². The molecule has 138 valence electrons. The van der Waals surface area contributed by atoms with Gasteiger partial charge in [0.2, 0.25) is 0 Å². The van der Waals surface area contributed by atoms with Crippen molar-refractivity contribution in [1.82, 2.24) is 10.9 Å². The molecule has 0 bridgehead atoms. The molecule has 3 aromatic carbocycles. The zero-order chi connectivity index (χ0) is 18.5. The number of nitrogen functional groups attached to an aromatic ring is 1. The number of nitrogens with one attached hydrogen (secondary N) is 2. The molecule has 4 rings (SSSR count). The Bertz CT molecular complexity index is 864. The monoisotopic (exact) mass is 359 g/mol. The first-order valence-corrected chi connectivity index (χ1v) is 9.41. The number of rotatable bonds is 6. The summed E-state index contributed by atoms with van der Waals surface area (Å²) >= 11 is 0. The maximum atomic E-state index is 5.97. The molecule has 0 amide bonds. The van der Waals surface area contributed by atoms with Crippen molar-refractivity contribution in [3.63, 3.8) is 0 Å². The minimum atomic E-state index is 0.255. The topological polar surface area (TPSA) is 59.3 Å². The van der Waals surface area contributed by atoms with E-state index in [-0.39, 0.29) is 12.1 Å². The molecule has 0 saturated carbocycles. The van der Waals surface area contributed by atoms with Gasteiger partial charge in [-0.2, -0.15) is 0 Å². The fraction of sp³-hybridized carbons (Fsp3) is 0.217. The molecular formula is C23H25N3O. The SMILES string of the molecule is Nc1ccc(C2CC(c3cccc(OCCc4ccccc4)c3)NN2)cc1. The number of hydrogen-bond acceptors (Lipinski definition) is 4. The van der Waals surface area contributed by atoms with Crippen molar-refractivity contribution in [2.75, 3.05) is 12.3 Å². The number of anilines is 1. The van der Waals surface area contributed by atoms with Gasteiger partial charge < -0.3 is 10.5 Å². The number of benzene rings is 3. The smallest absolute Gasteiger partial charge is 0.119 e. The zero-order valence-electron chi connectivity index (χ0n) is 15.3. The number of hydrogen-bond donors (Lipinski definition) is 3.